The molecule has 0 unspecified atom stereocenters. The van der Waals surface area contributed by atoms with E-state index in [1.54, 1.807) is 33.1 Å². The molecule has 144 valence electrons. The Kier molecular flexibility index (Phi) is 6.16. The van der Waals surface area contributed by atoms with Gasteiger partial charge in [-0.25, -0.2) is 0 Å². The van der Waals surface area contributed by atoms with Gasteiger partial charge in [0.15, 0.2) is 11.5 Å². The monoisotopic (exact) mass is 387 g/mol. The highest BCUT2D eigenvalue weighted by molar-refractivity contribution is 7.99. The molecule has 0 fully saturated rings. The standard InChI is InChI=1S/C21H25NO4S/c1-5-10-22-15-8-6-7-9-18(15)27-19(13-20(22)23)14-11-16(24-2)21(26-4)17(12-14)25-3/h6-9,11-12,19H,5,10,13H2,1-4H3/t19-/m1/s1. The molecular weight excluding hydrogens is 362 g/mol. The van der Waals surface area contributed by atoms with E-state index in [0.29, 0.717) is 23.7 Å². The number of thioether (sulfide) groups is 1. The minimum atomic E-state index is -0.0331. The van der Waals surface area contributed by atoms with E-state index in [9.17, 15) is 4.79 Å². The van der Waals surface area contributed by atoms with Crippen molar-refractivity contribution >= 4 is 23.4 Å². The average molecular weight is 388 g/mol. The Bertz CT molecular complexity index is 799. The second-order valence-electron chi connectivity index (χ2n) is 6.28. The summed E-state index contributed by atoms with van der Waals surface area (Å²) < 4.78 is 16.4. The highest BCUT2D eigenvalue weighted by Crippen LogP contribution is 2.48. The first-order valence-electron chi connectivity index (χ1n) is 8.98. The lowest BCUT2D eigenvalue weighted by molar-refractivity contribution is -0.118. The van der Waals surface area contributed by atoms with Crippen LogP contribution in [0.15, 0.2) is 41.3 Å². The normalized spacial score (nSPS) is 16.5. The molecule has 0 bridgehead atoms. The predicted octanol–water partition coefficient (Wildman–Crippen LogP) is 4.69. The van der Waals surface area contributed by atoms with Crippen LogP contribution in [-0.4, -0.2) is 33.8 Å². The first-order valence-corrected chi connectivity index (χ1v) is 9.86. The zero-order valence-electron chi connectivity index (χ0n) is 16.2. The number of hydrogen-bond donors (Lipinski definition) is 0. The van der Waals surface area contributed by atoms with Gasteiger partial charge < -0.3 is 19.1 Å². The summed E-state index contributed by atoms with van der Waals surface area (Å²) in [5.41, 5.74) is 1.97. The number of methoxy groups -OCH3 is 3. The van der Waals surface area contributed by atoms with Crippen LogP contribution in [0.1, 0.15) is 30.6 Å². The van der Waals surface area contributed by atoms with Gasteiger partial charge in [0.25, 0.3) is 0 Å². The summed E-state index contributed by atoms with van der Waals surface area (Å²) in [5, 5.41) is -0.0331. The molecule has 1 heterocycles. The zero-order valence-corrected chi connectivity index (χ0v) is 17.0. The molecule has 0 N–H and O–H groups in total. The summed E-state index contributed by atoms with van der Waals surface area (Å²) in [7, 11) is 4.79. The van der Waals surface area contributed by atoms with Crippen molar-refractivity contribution in [3.8, 4) is 17.2 Å². The van der Waals surface area contributed by atoms with Crippen LogP contribution in [-0.2, 0) is 4.79 Å². The van der Waals surface area contributed by atoms with Crippen LogP contribution in [0.4, 0.5) is 5.69 Å². The van der Waals surface area contributed by atoms with E-state index in [1.165, 1.54) is 0 Å². The Labute approximate surface area is 164 Å². The van der Waals surface area contributed by atoms with Gasteiger partial charge in [0.1, 0.15) is 0 Å². The molecule has 3 rings (SSSR count). The van der Waals surface area contributed by atoms with Crippen molar-refractivity contribution in [2.75, 3.05) is 32.8 Å². The van der Waals surface area contributed by atoms with Gasteiger partial charge in [0.2, 0.25) is 11.7 Å². The molecule has 0 spiro atoms. The highest BCUT2D eigenvalue weighted by atomic mass is 32.2. The van der Waals surface area contributed by atoms with Gasteiger partial charge in [-0.2, -0.15) is 0 Å². The molecule has 2 aromatic carbocycles. The Balaban J connectivity index is 2.05. The van der Waals surface area contributed by atoms with E-state index >= 15 is 0 Å². The van der Waals surface area contributed by atoms with Crippen LogP contribution in [0.2, 0.25) is 0 Å². The van der Waals surface area contributed by atoms with Gasteiger partial charge in [0, 0.05) is 23.1 Å². The van der Waals surface area contributed by atoms with Crippen LogP contribution in [0, 0.1) is 0 Å². The van der Waals surface area contributed by atoms with E-state index in [4.69, 9.17) is 14.2 Å². The maximum atomic E-state index is 13.0. The van der Waals surface area contributed by atoms with Crippen molar-refractivity contribution in [3.05, 3.63) is 42.0 Å². The van der Waals surface area contributed by atoms with E-state index < -0.39 is 0 Å². The lowest BCUT2D eigenvalue weighted by Crippen LogP contribution is -2.31. The molecule has 27 heavy (non-hydrogen) atoms. The number of benzene rings is 2. The minimum Gasteiger partial charge on any atom is -0.493 e. The molecule has 1 atom stereocenters. The largest absolute Gasteiger partial charge is 0.493 e. The fraction of sp³-hybridized carbons (Fsp3) is 0.381. The third kappa shape index (κ3) is 3.86. The third-order valence-corrected chi connectivity index (χ3v) is 5.91. The zero-order chi connectivity index (χ0) is 19.4. The van der Waals surface area contributed by atoms with Crippen LogP contribution in [0.5, 0.6) is 17.2 Å². The van der Waals surface area contributed by atoms with E-state index in [0.717, 1.165) is 29.1 Å². The molecule has 2 aromatic rings. The number of para-hydroxylation sites is 1. The maximum Gasteiger partial charge on any atom is 0.228 e. The van der Waals surface area contributed by atoms with Gasteiger partial charge in [-0.15, -0.1) is 11.8 Å². The molecule has 1 amide bonds. The quantitative estimate of drug-likeness (QED) is 0.719. The topological polar surface area (TPSA) is 48.0 Å². The number of anilines is 1. The van der Waals surface area contributed by atoms with Crippen molar-refractivity contribution < 1.29 is 19.0 Å². The Morgan fingerprint density at radius 2 is 1.74 bits per heavy atom. The smallest absolute Gasteiger partial charge is 0.228 e. The van der Waals surface area contributed by atoms with E-state index in [2.05, 4.69) is 13.0 Å². The summed E-state index contributed by atoms with van der Waals surface area (Å²) in [6, 6.07) is 12.0. The highest BCUT2D eigenvalue weighted by Gasteiger charge is 2.30. The van der Waals surface area contributed by atoms with Crippen molar-refractivity contribution in [3.63, 3.8) is 0 Å². The first kappa shape index (κ1) is 19.4. The molecule has 0 saturated carbocycles. The summed E-state index contributed by atoms with van der Waals surface area (Å²) in [4.78, 5) is 16.0. The molecule has 0 aromatic heterocycles. The van der Waals surface area contributed by atoms with Crippen molar-refractivity contribution in [1.82, 2.24) is 0 Å². The summed E-state index contributed by atoms with van der Waals surface area (Å²) in [6.45, 7) is 2.81. The molecule has 0 radical (unpaired) electrons. The molecule has 0 aliphatic carbocycles. The average Bonchev–Trinajstić information content (AvgIpc) is 2.84. The number of hydrogen-bond acceptors (Lipinski definition) is 5. The molecule has 6 heteroatoms. The van der Waals surface area contributed by atoms with Gasteiger partial charge in [-0.3, -0.25) is 4.79 Å². The van der Waals surface area contributed by atoms with E-state index in [-0.39, 0.29) is 11.2 Å². The Morgan fingerprint density at radius 3 is 2.33 bits per heavy atom. The van der Waals surface area contributed by atoms with Crippen molar-refractivity contribution in [2.24, 2.45) is 0 Å². The number of carbonyl (C=O) groups is 1. The van der Waals surface area contributed by atoms with Crippen LogP contribution in [0.25, 0.3) is 0 Å². The van der Waals surface area contributed by atoms with Crippen LogP contribution in [0.3, 0.4) is 0 Å². The molecule has 0 saturated heterocycles. The lowest BCUT2D eigenvalue weighted by Gasteiger charge is -2.22. The first-order chi connectivity index (χ1) is 13.1. The second-order valence-corrected chi connectivity index (χ2v) is 7.53. The molecular formula is C21H25NO4S. The Hall–Kier alpha value is -2.34. The Morgan fingerprint density at radius 1 is 1.07 bits per heavy atom. The number of ether oxygens (including phenoxy) is 3. The maximum absolute atomic E-state index is 13.0. The fourth-order valence-corrected chi connectivity index (χ4v) is 4.58. The van der Waals surface area contributed by atoms with Crippen LogP contribution < -0.4 is 19.1 Å². The fourth-order valence-electron chi connectivity index (χ4n) is 3.32. The van der Waals surface area contributed by atoms with Gasteiger partial charge >= 0.3 is 0 Å². The molecule has 5 nitrogen and oxygen atoms in total. The van der Waals surface area contributed by atoms with E-state index in [1.807, 2.05) is 35.2 Å². The molecule has 1 aliphatic rings. The van der Waals surface area contributed by atoms with Crippen LogP contribution >= 0.6 is 11.8 Å². The predicted molar refractivity (Wildman–Crippen MR) is 108 cm³/mol. The summed E-state index contributed by atoms with van der Waals surface area (Å²) >= 11 is 1.70. The number of fused-ring (bicyclic) bond motifs is 1. The SMILES string of the molecule is CCCN1C(=O)C[C@H](c2cc(OC)c(OC)c(OC)c2)Sc2ccccc21. The summed E-state index contributed by atoms with van der Waals surface area (Å²) in [6.07, 6.45) is 1.33. The lowest BCUT2D eigenvalue weighted by atomic mass is 10.1. The second kappa shape index (κ2) is 8.57. The number of nitrogens with zero attached hydrogens (tertiary/aromatic N) is 1. The summed E-state index contributed by atoms with van der Waals surface area (Å²) in [5.74, 6) is 1.89. The number of carbonyl (C=O) groups excluding carboxylic acids is 1. The number of rotatable bonds is 6. The van der Waals surface area contributed by atoms with Gasteiger partial charge in [0.05, 0.1) is 27.0 Å². The van der Waals surface area contributed by atoms with Crippen molar-refractivity contribution in [2.45, 2.75) is 29.9 Å². The minimum absolute atomic E-state index is 0.0331. The molecule has 1 aliphatic heterocycles. The van der Waals surface area contributed by atoms with Gasteiger partial charge in [-0.1, -0.05) is 19.1 Å². The third-order valence-electron chi connectivity index (χ3n) is 4.59. The number of amides is 1. The van der Waals surface area contributed by atoms with Crippen molar-refractivity contribution in [1.29, 1.82) is 0 Å². The van der Waals surface area contributed by atoms with Gasteiger partial charge in [-0.05, 0) is 36.2 Å².